The molecular formula is C10H21FN2. The van der Waals surface area contributed by atoms with Crippen molar-refractivity contribution in [2.24, 2.45) is 0 Å². The summed E-state index contributed by atoms with van der Waals surface area (Å²) in [5, 5.41) is 3.49. The number of halogens is 1. The van der Waals surface area contributed by atoms with Gasteiger partial charge in [0.15, 0.2) is 0 Å². The summed E-state index contributed by atoms with van der Waals surface area (Å²) in [6.45, 7) is 7.25. The van der Waals surface area contributed by atoms with Crippen LogP contribution in [0.25, 0.3) is 0 Å². The normalized spacial score (nSPS) is 30.7. The van der Waals surface area contributed by atoms with Gasteiger partial charge in [0, 0.05) is 31.7 Å². The van der Waals surface area contributed by atoms with Gasteiger partial charge in [-0.05, 0) is 19.8 Å². The lowest BCUT2D eigenvalue weighted by Crippen LogP contribution is -2.55. The number of rotatable bonds is 4. The number of piperazine rings is 1. The van der Waals surface area contributed by atoms with Gasteiger partial charge in [0.05, 0.1) is 6.67 Å². The number of alkyl halides is 1. The van der Waals surface area contributed by atoms with Crippen molar-refractivity contribution in [3.8, 4) is 0 Å². The van der Waals surface area contributed by atoms with Crippen LogP contribution in [-0.2, 0) is 0 Å². The molecule has 2 unspecified atom stereocenters. The molecule has 0 aliphatic carbocycles. The molecule has 1 saturated heterocycles. The molecule has 1 aliphatic heterocycles. The van der Waals surface area contributed by atoms with E-state index in [1.54, 1.807) is 0 Å². The largest absolute Gasteiger partial charge is 0.311 e. The van der Waals surface area contributed by atoms with Crippen LogP contribution < -0.4 is 5.32 Å². The van der Waals surface area contributed by atoms with E-state index in [0.717, 1.165) is 19.6 Å². The summed E-state index contributed by atoms with van der Waals surface area (Å²) in [6.07, 6.45) is 1.85. The molecule has 2 nitrogen and oxygen atoms in total. The van der Waals surface area contributed by atoms with E-state index in [-0.39, 0.29) is 6.67 Å². The third-order valence-corrected chi connectivity index (χ3v) is 2.85. The van der Waals surface area contributed by atoms with Gasteiger partial charge in [-0.1, -0.05) is 6.92 Å². The van der Waals surface area contributed by atoms with E-state index in [2.05, 4.69) is 24.1 Å². The highest BCUT2D eigenvalue weighted by Crippen LogP contribution is 2.09. The number of hydrogen-bond acceptors (Lipinski definition) is 2. The van der Waals surface area contributed by atoms with Crippen molar-refractivity contribution >= 4 is 0 Å². The van der Waals surface area contributed by atoms with Crippen molar-refractivity contribution < 1.29 is 4.39 Å². The summed E-state index contributed by atoms with van der Waals surface area (Å²) in [4.78, 5) is 2.39. The minimum atomic E-state index is -0.187. The van der Waals surface area contributed by atoms with Crippen LogP contribution in [0, 0.1) is 0 Å². The Hall–Kier alpha value is -0.150. The van der Waals surface area contributed by atoms with Crippen LogP contribution in [0.1, 0.15) is 26.7 Å². The Morgan fingerprint density at radius 1 is 1.54 bits per heavy atom. The molecule has 1 N–H and O–H groups in total. The summed E-state index contributed by atoms with van der Waals surface area (Å²) in [7, 11) is 0. The van der Waals surface area contributed by atoms with Gasteiger partial charge >= 0.3 is 0 Å². The molecule has 0 amide bonds. The molecule has 0 spiro atoms. The molecule has 0 radical (unpaired) electrons. The van der Waals surface area contributed by atoms with Crippen LogP contribution in [0.15, 0.2) is 0 Å². The average Bonchev–Trinajstić information content (AvgIpc) is 2.17. The zero-order valence-electron chi connectivity index (χ0n) is 8.72. The van der Waals surface area contributed by atoms with E-state index in [9.17, 15) is 4.39 Å². The van der Waals surface area contributed by atoms with E-state index < -0.39 is 0 Å². The van der Waals surface area contributed by atoms with Gasteiger partial charge < -0.3 is 5.32 Å². The fraction of sp³-hybridized carbons (Fsp3) is 1.00. The maximum Gasteiger partial charge on any atom is 0.0906 e. The Morgan fingerprint density at radius 3 is 2.92 bits per heavy atom. The van der Waals surface area contributed by atoms with Gasteiger partial charge in [-0.2, -0.15) is 0 Å². The van der Waals surface area contributed by atoms with Gasteiger partial charge in [-0.3, -0.25) is 9.29 Å². The maximum absolute atomic E-state index is 12.0. The first kappa shape index (κ1) is 10.9. The van der Waals surface area contributed by atoms with Crippen molar-refractivity contribution in [1.29, 1.82) is 0 Å². The summed E-state index contributed by atoms with van der Waals surface area (Å²) in [5.74, 6) is 0. The summed E-state index contributed by atoms with van der Waals surface area (Å²) in [6, 6.07) is 1.17. The molecule has 0 aromatic carbocycles. The van der Waals surface area contributed by atoms with Crippen LogP contribution in [0.2, 0.25) is 0 Å². The average molecular weight is 188 g/mol. The van der Waals surface area contributed by atoms with Gasteiger partial charge in [0.2, 0.25) is 0 Å². The fourth-order valence-corrected chi connectivity index (χ4v) is 1.84. The van der Waals surface area contributed by atoms with Crippen molar-refractivity contribution in [3.63, 3.8) is 0 Å². The summed E-state index contributed by atoms with van der Waals surface area (Å²) in [5.41, 5.74) is 0. The number of hydrogen-bond donors (Lipinski definition) is 1. The Bertz CT molecular complexity index is 141. The quantitative estimate of drug-likeness (QED) is 0.718. The minimum absolute atomic E-state index is 0.187. The van der Waals surface area contributed by atoms with E-state index in [1.165, 1.54) is 6.42 Å². The molecule has 2 atom stereocenters. The van der Waals surface area contributed by atoms with E-state index in [0.29, 0.717) is 18.5 Å². The zero-order chi connectivity index (χ0) is 9.68. The van der Waals surface area contributed by atoms with Crippen LogP contribution in [0.3, 0.4) is 0 Å². The minimum Gasteiger partial charge on any atom is -0.311 e. The summed E-state index contributed by atoms with van der Waals surface area (Å²) < 4.78 is 12.0. The lowest BCUT2D eigenvalue weighted by molar-refractivity contribution is 0.134. The first-order chi connectivity index (χ1) is 6.27. The molecule has 0 bridgehead atoms. The third kappa shape index (κ3) is 3.24. The molecule has 1 aliphatic rings. The van der Waals surface area contributed by atoms with Crippen molar-refractivity contribution in [3.05, 3.63) is 0 Å². The van der Waals surface area contributed by atoms with Crippen molar-refractivity contribution in [1.82, 2.24) is 10.2 Å². The second-order valence-corrected chi connectivity index (χ2v) is 3.90. The molecule has 3 heteroatoms. The molecule has 0 saturated carbocycles. The van der Waals surface area contributed by atoms with Gasteiger partial charge in [0.1, 0.15) is 0 Å². The fourth-order valence-electron chi connectivity index (χ4n) is 1.84. The van der Waals surface area contributed by atoms with E-state index in [1.807, 2.05) is 0 Å². The Morgan fingerprint density at radius 2 is 2.31 bits per heavy atom. The number of nitrogens with zero attached hydrogens (tertiary/aromatic N) is 1. The third-order valence-electron chi connectivity index (χ3n) is 2.85. The summed E-state index contributed by atoms with van der Waals surface area (Å²) >= 11 is 0. The standard InChI is InChI=1S/C10H21FN2/c1-3-10-8-13(6-4-5-11)9(2)7-12-10/h9-10,12H,3-8H2,1-2H3. The second-order valence-electron chi connectivity index (χ2n) is 3.90. The highest BCUT2D eigenvalue weighted by molar-refractivity contribution is 4.82. The van der Waals surface area contributed by atoms with Crippen LogP contribution >= 0.6 is 0 Å². The monoisotopic (exact) mass is 188 g/mol. The molecule has 1 fully saturated rings. The topological polar surface area (TPSA) is 15.3 Å². The Balaban J connectivity index is 2.31. The molecule has 0 aromatic rings. The van der Waals surface area contributed by atoms with Gasteiger partial charge in [-0.25, -0.2) is 0 Å². The SMILES string of the molecule is CCC1CN(CCCF)C(C)CN1. The van der Waals surface area contributed by atoms with Gasteiger partial charge in [0.25, 0.3) is 0 Å². The first-order valence-corrected chi connectivity index (χ1v) is 5.31. The van der Waals surface area contributed by atoms with Crippen LogP contribution in [-0.4, -0.2) is 43.3 Å². The van der Waals surface area contributed by atoms with E-state index in [4.69, 9.17) is 0 Å². The second kappa shape index (κ2) is 5.55. The predicted octanol–water partition coefficient (Wildman–Crippen LogP) is 1.42. The first-order valence-electron chi connectivity index (χ1n) is 5.31. The lowest BCUT2D eigenvalue weighted by Gasteiger charge is -2.38. The predicted molar refractivity (Wildman–Crippen MR) is 53.7 cm³/mol. The molecule has 1 rings (SSSR count). The van der Waals surface area contributed by atoms with Crippen molar-refractivity contribution in [2.45, 2.75) is 38.8 Å². The van der Waals surface area contributed by atoms with Gasteiger partial charge in [-0.15, -0.1) is 0 Å². The highest BCUT2D eigenvalue weighted by Gasteiger charge is 2.22. The molecule has 78 valence electrons. The molecule has 0 aromatic heterocycles. The molecular weight excluding hydrogens is 167 g/mol. The molecule has 1 heterocycles. The van der Waals surface area contributed by atoms with Crippen molar-refractivity contribution in [2.75, 3.05) is 26.3 Å². The van der Waals surface area contributed by atoms with E-state index >= 15 is 0 Å². The highest BCUT2D eigenvalue weighted by atomic mass is 19.1. The molecule has 13 heavy (non-hydrogen) atoms. The smallest absolute Gasteiger partial charge is 0.0906 e. The number of nitrogens with one attached hydrogen (secondary N) is 1. The lowest BCUT2D eigenvalue weighted by atomic mass is 10.1. The Labute approximate surface area is 80.5 Å². The zero-order valence-corrected chi connectivity index (χ0v) is 8.72. The maximum atomic E-state index is 12.0. The van der Waals surface area contributed by atoms with Crippen LogP contribution in [0.5, 0.6) is 0 Å². The Kier molecular flexibility index (Phi) is 4.67. The van der Waals surface area contributed by atoms with Crippen LogP contribution in [0.4, 0.5) is 4.39 Å².